The third-order valence-corrected chi connectivity index (χ3v) is 5.19. The number of pyridine rings is 1. The van der Waals surface area contributed by atoms with Crippen molar-refractivity contribution in [3.8, 4) is 11.3 Å². The van der Waals surface area contributed by atoms with E-state index in [1.54, 1.807) is 0 Å². The molecule has 0 amide bonds. The number of halogens is 2. The minimum atomic E-state index is -0.490. The molecular formula is C19H22F2N+. The minimum Gasteiger partial charge on any atom is -0.207 e. The Morgan fingerprint density at radius 1 is 1.14 bits per heavy atom. The molecule has 0 N–H and O–H groups in total. The quantitative estimate of drug-likeness (QED) is 0.709. The van der Waals surface area contributed by atoms with Crippen LogP contribution in [0.4, 0.5) is 8.78 Å². The van der Waals surface area contributed by atoms with Gasteiger partial charge in [-0.05, 0) is 30.5 Å². The highest BCUT2D eigenvalue weighted by atomic mass is 19.1. The van der Waals surface area contributed by atoms with Crippen LogP contribution in [0.1, 0.15) is 44.2 Å². The number of hydrogen-bond donors (Lipinski definition) is 0. The average molecular weight is 302 g/mol. The predicted octanol–water partition coefficient (Wildman–Crippen LogP) is 4.69. The van der Waals surface area contributed by atoms with Crippen molar-refractivity contribution in [1.82, 2.24) is 0 Å². The Morgan fingerprint density at radius 2 is 1.86 bits per heavy atom. The minimum absolute atomic E-state index is 0.0367. The summed E-state index contributed by atoms with van der Waals surface area (Å²) in [7, 11) is 0. The molecule has 0 bridgehead atoms. The lowest BCUT2D eigenvalue weighted by Crippen LogP contribution is -2.56. The Labute approximate surface area is 130 Å². The Balaban J connectivity index is 2.36. The smallest absolute Gasteiger partial charge is 0.207 e. The summed E-state index contributed by atoms with van der Waals surface area (Å²) < 4.78 is 30.4. The van der Waals surface area contributed by atoms with E-state index in [0.717, 1.165) is 42.1 Å². The van der Waals surface area contributed by atoms with Gasteiger partial charge in [0, 0.05) is 37.5 Å². The average Bonchev–Trinajstić information content (AvgIpc) is 2.62. The van der Waals surface area contributed by atoms with E-state index in [2.05, 4.69) is 30.7 Å². The van der Waals surface area contributed by atoms with E-state index in [9.17, 15) is 8.78 Å². The predicted molar refractivity (Wildman–Crippen MR) is 83.6 cm³/mol. The number of fused-ring (bicyclic) bond motifs is 3. The Morgan fingerprint density at radius 3 is 2.55 bits per heavy atom. The van der Waals surface area contributed by atoms with Crippen LogP contribution in [0.5, 0.6) is 0 Å². The van der Waals surface area contributed by atoms with Gasteiger partial charge in [0.2, 0.25) is 5.69 Å². The van der Waals surface area contributed by atoms with Crippen LogP contribution in [0.2, 0.25) is 0 Å². The first-order valence-corrected chi connectivity index (χ1v) is 8.02. The van der Waals surface area contributed by atoms with Gasteiger partial charge in [0.15, 0.2) is 11.7 Å². The number of rotatable bonds is 2. The summed E-state index contributed by atoms with van der Waals surface area (Å²) in [6, 6.07) is 6.57. The first-order valence-electron chi connectivity index (χ1n) is 8.02. The van der Waals surface area contributed by atoms with Crippen molar-refractivity contribution in [3.63, 3.8) is 0 Å². The second-order valence-electron chi connectivity index (χ2n) is 6.31. The highest BCUT2D eigenvalue weighted by Gasteiger charge is 2.41. The molecule has 3 heteroatoms. The summed E-state index contributed by atoms with van der Waals surface area (Å²) in [6.45, 7) is 6.35. The van der Waals surface area contributed by atoms with Crippen molar-refractivity contribution in [1.29, 1.82) is 0 Å². The van der Waals surface area contributed by atoms with Crippen LogP contribution in [-0.2, 0) is 12.0 Å². The molecule has 0 fully saturated rings. The van der Waals surface area contributed by atoms with Crippen molar-refractivity contribution in [2.24, 2.45) is 0 Å². The highest BCUT2D eigenvalue weighted by Crippen LogP contribution is 2.36. The monoisotopic (exact) mass is 302 g/mol. The fourth-order valence-electron chi connectivity index (χ4n) is 3.75. The van der Waals surface area contributed by atoms with Gasteiger partial charge >= 0.3 is 0 Å². The van der Waals surface area contributed by atoms with Gasteiger partial charge < -0.3 is 0 Å². The van der Waals surface area contributed by atoms with Crippen LogP contribution in [0.15, 0.2) is 30.5 Å². The van der Waals surface area contributed by atoms with Gasteiger partial charge in [-0.2, -0.15) is 4.57 Å². The molecular weight excluding hydrogens is 280 g/mol. The van der Waals surface area contributed by atoms with Crippen LogP contribution in [-0.4, -0.2) is 0 Å². The summed E-state index contributed by atoms with van der Waals surface area (Å²) in [5.74, 6) is -0.951. The fraction of sp³-hybridized carbons (Fsp3) is 0.421. The molecule has 0 spiro atoms. The number of benzene rings is 1. The molecule has 0 aliphatic carbocycles. The standard InChI is InChI=1S/C19H22F2N/c1-4-19(5-2)8-6-14-11-15(20)12-16(21)18(14)17-10-13(3)7-9-22(17)19/h7,9-12H,4-6,8H2,1-3H3/q+1. The largest absolute Gasteiger partial charge is 0.216 e. The summed E-state index contributed by atoms with van der Waals surface area (Å²) >= 11 is 0. The van der Waals surface area contributed by atoms with Gasteiger partial charge in [0.05, 0.1) is 5.56 Å². The van der Waals surface area contributed by atoms with Crippen LogP contribution in [0, 0.1) is 18.6 Å². The fourth-order valence-corrected chi connectivity index (χ4v) is 3.75. The van der Waals surface area contributed by atoms with Gasteiger partial charge in [0.25, 0.3) is 0 Å². The lowest BCUT2D eigenvalue weighted by atomic mass is 9.86. The molecule has 1 aromatic carbocycles. The van der Waals surface area contributed by atoms with Gasteiger partial charge in [-0.1, -0.05) is 13.8 Å². The zero-order valence-corrected chi connectivity index (χ0v) is 13.4. The number of nitrogens with zero attached hydrogens (tertiary/aromatic N) is 1. The normalized spacial score (nSPS) is 15.9. The maximum atomic E-state index is 14.5. The van der Waals surface area contributed by atoms with E-state index in [-0.39, 0.29) is 5.54 Å². The van der Waals surface area contributed by atoms with E-state index in [1.165, 1.54) is 6.07 Å². The molecule has 0 radical (unpaired) electrons. The SMILES string of the molecule is CCC1(CC)CCc2cc(F)cc(F)c2-c2cc(C)cc[n+]21. The molecule has 1 aromatic heterocycles. The molecule has 22 heavy (non-hydrogen) atoms. The van der Waals surface area contributed by atoms with Crippen molar-refractivity contribution in [2.75, 3.05) is 0 Å². The van der Waals surface area contributed by atoms with E-state index in [0.29, 0.717) is 12.0 Å². The zero-order valence-electron chi connectivity index (χ0n) is 13.4. The summed E-state index contributed by atoms with van der Waals surface area (Å²) in [5.41, 5.74) is 3.26. The van der Waals surface area contributed by atoms with E-state index in [1.807, 2.05) is 13.0 Å². The van der Waals surface area contributed by atoms with E-state index < -0.39 is 11.6 Å². The van der Waals surface area contributed by atoms with Crippen molar-refractivity contribution in [2.45, 2.75) is 52.0 Å². The number of hydrogen-bond acceptors (Lipinski definition) is 0. The van der Waals surface area contributed by atoms with Gasteiger partial charge in [0.1, 0.15) is 11.6 Å². The molecule has 0 saturated carbocycles. The van der Waals surface area contributed by atoms with Gasteiger partial charge in [-0.15, -0.1) is 0 Å². The Hall–Kier alpha value is -1.77. The van der Waals surface area contributed by atoms with E-state index in [4.69, 9.17) is 0 Å². The Bertz CT molecular complexity index is 718. The number of aryl methyl sites for hydroxylation is 2. The van der Waals surface area contributed by atoms with E-state index >= 15 is 0 Å². The summed E-state index contributed by atoms with van der Waals surface area (Å²) in [5, 5.41) is 0. The third-order valence-electron chi connectivity index (χ3n) is 5.19. The molecule has 1 aliphatic rings. The van der Waals surface area contributed by atoms with Crippen molar-refractivity contribution < 1.29 is 13.3 Å². The maximum absolute atomic E-state index is 14.5. The molecule has 1 nitrogen and oxygen atoms in total. The van der Waals surface area contributed by atoms with Gasteiger partial charge in [-0.25, -0.2) is 8.78 Å². The topological polar surface area (TPSA) is 3.88 Å². The molecule has 0 atom stereocenters. The number of aromatic nitrogens is 1. The molecule has 116 valence electrons. The first kappa shape index (κ1) is 15.1. The molecule has 3 rings (SSSR count). The first-order chi connectivity index (χ1) is 10.5. The lowest BCUT2D eigenvalue weighted by molar-refractivity contribution is -0.757. The van der Waals surface area contributed by atoms with Crippen LogP contribution >= 0.6 is 0 Å². The van der Waals surface area contributed by atoms with Crippen molar-refractivity contribution in [3.05, 3.63) is 53.2 Å². The van der Waals surface area contributed by atoms with Crippen LogP contribution in [0.3, 0.4) is 0 Å². The van der Waals surface area contributed by atoms with Crippen LogP contribution < -0.4 is 4.57 Å². The molecule has 2 heterocycles. The van der Waals surface area contributed by atoms with Crippen LogP contribution in [0.25, 0.3) is 11.3 Å². The van der Waals surface area contributed by atoms with Gasteiger partial charge in [-0.3, -0.25) is 0 Å². The maximum Gasteiger partial charge on any atom is 0.216 e. The summed E-state index contributed by atoms with van der Waals surface area (Å²) in [4.78, 5) is 0. The van der Waals surface area contributed by atoms with Crippen molar-refractivity contribution >= 4 is 0 Å². The molecule has 0 saturated heterocycles. The lowest BCUT2D eigenvalue weighted by Gasteiger charge is -2.26. The second-order valence-corrected chi connectivity index (χ2v) is 6.31. The molecule has 1 aliphatic heterocycles. The second kappa shape index (κ2) is 5.45. The molecule has 2 aromatic rings. The Kier molecular flexibility index (Phi) is 3.75. The zero-order chi connectivity index (χ0) is 15.9. The summed E-state index contributed by atoms with van der Waals surface area (Å²) in [6.07, 6.45) is 5.61. The molecule has 0 unspecified atom stereocenters. The highest BCUT2D eigenvalue weighted by molar-refractivity contribution is 5.63. The third kappa shape index (κ3) is 2.23.